The van der Waals surface area contributed by atoms with Gasteiger partial charge in [-0.25, -0.2) is 9.59 Å². The van der Waals surface area contributed by atoms with Crippen LogP contribution < -0.4 is 10.4 Å². The first-order valence-corrected chi connectivity index (χ1v) is 11.0. The molecular formula is C25H30O5. The van der Waals surface area contributed by atoms with Gasteiger partial charge in [-0.3, -0.25) is 0 Å². The maximum atomic E-state index is 12.7. The summed E-state index contributed by atoms with van der Waals surface area (Å²) < 4.78 is 17.7. The Morgan fingerprint density at radius 2 is 2.00 bits per heavy atom. The summed E-state index contributed by atoms with van der Waals surface area (Å²) >= 11 is 0. The fourth-order valence-electron chi connectivity index (χ4n) is 4.76. The molecule has 2 aromatic rings. The molecule has 0 radical (unpaired) electrons. The zero-order valence-electron chi connectivity index (χ0n) is 18.0. The third-order valence-electron chi connectivity index (χ3n) is 6.66. The minimum absolute atomic E-state index is 0.272. The Bertz CT molecular complexity index is 1030. The molecule has 0 N–H and O–H groups in total. The lowest BCUT2D eigenvalue weighted by Crippen LogP contribution is -2.48. The second kappa shape index (κ2) is 8.29. The highest BCUT2D eigenvalue weighted by atomic mass is 16.6. The smallest absolute Gasteiger partial charge is 0.336 e. The molecule has 1 aliphatic heterocycles. The van der Waals surface area contributed by atoms with Gasteiger partial charge in [0, 0.05) is 29.5 Å². The van der Waals surface area contributed by atoms with E-state index in [9.17, 15) is 9.59 Å². The molecule has 2 heterocycles. The molecule has 30 heavy (non-hydrogen) atoms. The predicted molar refractivity (Wildman–Crippen MR) is 116 cm³/mol. The van der Waals surface area contributed by atoms with E-state index in [2.05, 4.69) is 0 Å². The van der Waals surface area contributed by atoms with Crippen LogP contribution in [0.2, 0.25) is 0 Å². The molecule has 1 aliphatic carbocycles. The van der Waals surface area contributed by atoms with Crippen molar-refractivity contribution in [1.82, 2.24) is 0 Å². The fraction of sp³-hybridized carbons (Fsp3) is 0.520. The first-order valence-electron chi connectivity index (χ1n) is 11.0. The second-order valence-electron chi connectivity index (χ2n) is 8.94. The van der Waals surface area contributed by atoms with Gasteiger partial charge in [0.1, 0.15) is 23.0 Å². The van der Waals surface area contributed by atoms with E-state index < -0.39 is 5.60 Å². The van der Waals surface area contributed by atoms with Crippen molar-refractivity contribution in [3.8, 4) is 5.75 Å². The van der Waals surface area contributed by atoms with Crippen LogP contribution in [-0.4, -0.2) is 17.7 Å². The normalized spacial score (nSPS) is 21.7. The number of ether oxygens (including phenoxy) is 2. The van der Waals surface area contributed by atoms with Crippen LogP contribution in [0.4, 0.5) is 0 Å². The molecule has 5 heteroatoms. The number of allylic oxidation sites excluding steroid dienone is 1. The van der Waals surface area contributed by atoms with E-state index in [1.54, 1.807) is 25.1 Å². The molecule has 4 rings (SSSR count). The Morgan fingerprint density at radius 3 is 2.73 bits per heavy atom. The molecule has 0 bridgehead atoms. The van der Waals surface area contributed by atoms with Crippen LogP contribution in [0.3, 0.4) is 0 Å². The van der Waals surface area contributed by atoms with E-state index in [0.29, 0.717) is 29.2 Å². The highest BCUT2D eigenvalue weighted by Gasteiger charge is 2.45. The zero-order valence-corrected chi connectivity index (χ0v) is 18.0. The molecule has 1 aromatic carbocycles. The van der Waals surface area contributed by atoms with Crippen molar-refractivity contribution in [2.75, 3.05) is 0 Å². The molecule has 0 saturated heterocycles. The maximum absolute atomic E-state index is 12.7. The summed E-state index contributed by atoms with van der Waals surface area (Å²) in [5, 5.41) is 0.869. The van der Waals surface area contributed by atoms with Crippen molar-refractivity contribution in [1.29, 1.82) is 0 Å². The summed E-state index contributed by atoms with van der Waals surface area (Å²) in [6, 6.07) is 6.99. The van der Waals surface area contributed by atoms with Gasteiger partial charge < -0.3 is 13.9 Å². The summed E-state index contributed by atoms with van der Waals surface area (Å²) in [5.41, 5.74) is 1.06. The lowest BCUT2D eigenvalue weighted by Gasteiger charge is -2.38. The maximum Gasteiger partial charge on any atom is 0.336 e. The van der Waals surface area contributed by atoms with Crippen molar-refractivity contribution in [2.45, 2.75) is 77.4 Å². The number of carbonyl (C=O) groups excluding carboxylic acids is 1. The Hall–Kier alpha value is -2.56. The Kier molecular flexibility index (Phi) is 5.72. The SMILES string of the molecule is C/C=C(\C)C(=O)O[C@@](C)(CC1CCCCC1)[C@@H]1Cc2cc3ccc(=O)oc3cc2O1. The lowest BCUT2D eigenvalue weighted by atomic mass is 9.78. The average molecular weight is 411 g/mol. The Labute approximate surface area is 177 Å². The van der Waals surface area contributed by atoms with Crippen molar-refractivity contribution in [3.63, 3.8) is 0 Å². The molecule has 2 aliphatic rings. The lowest BCUT2D eigenvalue weighted by molar-refractivity contribution is -0.165. The highest BCUT2D eigenvalue weighted by Crippen LogP contribution is 2.41. The number of rotatable bonds is 5. The van der Waals surface area contributed by atoms with Crippen LogP contribution in [0, 0.1) is 5.92 Å². The van der Waals surface area contributed by atoms with Gasteiger partial charge in [-0.2, -0.15) is 0 Å². The molecule has 0 unspecified atom stereocenters. The van der Waals surface area contributed by atoms with Gasteiger partial charge in [0.05, 0.1) is 0 Å². The third-order valence-corrected chi connectivity index (χ3v) is 6.66. The summed E-state index contributed by atoms with van der Waals surface area (Å²) in [4.78, 5) is 24.3. The number of benzene rings is 1. The second-order valence-corrected chi connectivity index (χ2v) is 8.94. The van der Waals surface area contributed by atoms with E-state index in [0.717, 1.165) is 17.4 Å². The third kappa shape index (κ3) is 4.16. The molecule has 0 amide bonds. The number of fused-ring (bicyclic) bond motifs is 2. The highest BCUT2D eigenvalue weighted by molar-refractivity contribution is 5.88. The molecule has 1 fully saturated rings. The standard InChI is InChI=1S/C25H30O5/c1-4-16(2)24(27)30-25(3,15-17-8-6-5-7-9-17)22-13-19-12-18-10-11-23(26)29-20(18)14-21(19)28-22/h4,10-12,14,17,22H,5-9,13,15H2,1-3H3/b16-4+/t22-,25-/m0/s1. The topological polar surface area (TPSA) is 65.7 Å². The van der Waals surface area contributed by atoms with Crippen LogP contribution in [0.5, 0.6) is 5.75 Å². The zero-order chi connectivity index (χ0) is 21.3. The van der Waals surface area contributed by atoms with E-state index in [1.807, 2.05) is 19.9 Å². The molecular weight excluding hydrogens is 380 g/mol. The van der Waals surface area contributed by atoms with Gasteiger partial charge in [-0.15, -0.1) is 0 Å². The van der Waals surface area contributed by atoms with E-state index in [-0.39, 0.29) is 17.7 Å². The average Bonchev–Trinajstić information content (AvgIpc) is 3.15. The van der Waals surface area contributed by atoms with Gasteiger partial charge in [-0.05, 0) is 50.8 Å². The van der Waals surface area contributed by atoms with Gasteiger partial charge in [0.15, 0.2) is 0 Å². The first kappa shape index (κ1) is 20.7. The van der Waals surface area contributed by atoms with Gasteiger partial charge in [0.2, 0.25) is 0 Å². The van der Waals surface area contributed by atoms with Crippen molar-refractivity contribution in [3.05, 3.63) is 51.9 Å². The summed E-state index contributed by atoms with van der Waals surface area (Å²) in [6.45, 7) is 5.64. The van der Waals surface area contributed by atoms with Gasteiger partial charge in [-0.1, -0.05) is 38.2 Å². The number of hydrogen-bond donors (Lipinski definition) is 0. The van der Waals surface area contributed by atoms with Crippen LogP contribution >= 0.6 is 0 Å². The van der Waals surface area contributed by atoms with Gasteiger partial charge in [0.25, 0.3) is 0 Å². The first-order chi connectivity index (χ1) is 14.4. The van der Waals surface area contributed by atoms with Crippen molar-refractivity contribution >= 4 is 16.9 Å². The van der Waals surface area contributed by atoms with Crippen molar-refractivity contribution in [2.24, 2.45) is 5.92 Å². The Balaban J connectivity index is 1.62. The largest absolute Gasteiger partial charge is 0.485 e. The molecule has 5 nitrogen and oxygen atoms in total. The number of esters is 1. The summed E-state index contributed by atoms with van der Waals surface area (Å²) in [6.07, 6.45) is 9.06. The monoisotopic (exact) mass is 410 g/mol. The van der Waals surface area contributed by atoms with E-state index in [1.165, 1.54) is 38.2 Å². The number of carbonyl (C=O) groups is 1. The van der Waals surface area contributed by atoms with Gasteiger partial charge >= 0.3 is 11.6 Å². The van der Waals surface area contributed by atoms with Crippen LogP contribution in [0.25, 0.3) is 11.0 Å². The minimum atomic E-state index is -0.727. The molecule has 2 atom stereocenters. The quantitative estimate of drug-likeness (QED) is 0.378. The summed E-state index contributed by atoms with van der Waals surface area (Å²) in [5.74, 6) is 0.953. The van der Waals surface area contributed by atoms with Crippen LogP contribution in [0.15, 0.2) is 45.1 Å². The summed E-state index contributed by atoms with van der Waals surface area (Å²) in [7, 11) is 0. The molecule has 1 saturated carbocycles. The fourth-order valence-corrected chi connectivity index (χ4v) is 4.76. The van der Waals surface area contributed by atoms with Crippen LogP contribution in [0.1, 0.15) is 64.9 Å². The predicted octanol–water partition coefficient (Wildman–Crippen LogP) is 5.34. The molecule has 0 spiro atoms. The number of hydrogen-bond acceptors (Lipinski definition) is 5. The van der Waals surface area contributed by atoms with Crippen LogP contribution in [-0.2, 0) is 16.0 Å². The molecule has 160 valence electrons. The van der Waals surface area contributed by atoms with E-state index in [4.69, 9.17) is 13.9 Å². The molecule has 1 aromatic heterocycles. The van der Waals surface area contributed by atoms with Crippen molar-refractivity contribution < 1.29 is 18.7 Å². The van der Waals surface area contributed by atoms with E-state index >= 15 is 0 Å². The minimum Gasteiger partial charge on any atom is -0.485 e. The Morgan fingerprint density at radius 1 is 1.23 bits per heavy atom.